The summed E-state index contributed by atoms with van der Waals surface area (Å²) >= 11 is 0. The highest BCUT2D eigenvalue weighted by molar-refractivity contribution is 5.70. The monoisotopic (exact) mass is 404 g/mol. The van der Waals surface area contributed by atoms with Crippen molar-refractivity contribution in [2.24, 2.45) is 0 Å². The molecule has 3 aromatic rings. The number of rotatable bonds is 6. The van der Waals surface area contributed by atoms with Crippen LogP contribution < -0.4 is 10.6 Å². The molecule has 7 nitrogen and oxygen atoms in total. The minimum absolute atomic E-state index is 0.148. The number of alkyl halides is 3. The van der Waals surface area contributed by atoms with Gasteiger partial charge in [0, 0.05) is 36.4 Å². The summed E-state index contributed by atoms with van der Waals surface area (Å²) in [5.74, 6) is 0.239. The van der Waals surface area contributed by atoms with Crippen LogP contribution in [0.25, 0.3) is 11.1 Å². The van der Waals surface area contributed by atoms with Crippen LogP contribution in [0.5, 0.6) is 0 Å². The highest BCUT2D eigenvalue weighted by atomic mass is 19.4. The van der Waals surface area contributed by atoms with Gasteiger partial charge >= 0.3 is 6.18 Å². The van der Waals surface area contributed by atoms with Crippen LogP contribution in [0.4, 0.5) is 30.8 Å². The molecule has 0 aliphatic heterocycles. The van der Waals surface area contributed by atoms with Crippen LogP contribution in [0.2, 0.25) is 0 Å². The lowest BCUT2D eigenvalue weighted by molar-refractivity contribution is -0.141. The van der Waals surface area contributed by atoms with E-state index in [-0.39, 0.29) is 5.95 Å². The number of halogens is 3. The van der Waals surface area contributed by atoms with Gasteiger partial charge in [-0.3, -0.25) is 0 Å². The minimum Gasteiger partial charge on any atom is -0.392 e. The maximum atomic E-state index is 12.8. The SMILES string of the molecule is Cc1cc(Nc2nccc(C(F)(F)F)n2)cc(-c2cnc(NCC(C)O)nc2)c1. The normalized spacial score (nSPS) is 12.5. The molecule has 0 aliphatic carbocycles. The van der Waals surface area contributed by atoms with E-state index in [4.69, 9.17) is 0 Å². The molecule has 1 atom stereocenters. The van der Waals surface area contributed by atoms with Crippen LogP contribution in [0.3, 0.4) is 0 Å². The molecule has 0 fully saturated rings. The number of aliphatic hydroxyl groups is 1. The standard InChI is InChI=1S/C19H19F3N6O/c1-11-5-13(14-9-25-17(26-10-14)24-8-12(2)29)7-15(6-11)27-18-23-4-3-16(28-18)19(20,21)22/h3-7,9-10,12,29H,8H2,1-2H3,(H,23,27,28)(H,24,25,26). The van der Waals surface area contributed by atoms with Gasteiger partial charge in [-0.2, -0.15) is 13.2 Å². The number of aromatic nitrogens is 4. The summed E-state index contributed by atoms with van der Waals surface area (Å²) in [5.41, 5.74) is 1.91. The van der Waals surface area contributed by atoms with E-state index in [1.165, 1.54) is 0 Å². The fourth-order valence-corrected chi connectivity index (χ4v) is 2.54. The van der Waals surface area contributed by atoms with Crippen molar-refractivity contribution in [1.29, 1.82) is 0 Å². The fraction of sp³-hybridized carbons (Fsp3) is 0.263. The molecule has 3 rings (SSSR count). The molecule has 152 valence electrons. The Labute approximate surface area is 165 Å². The summed E-state index contributed by atoms with van der Waals surface area (Å²) in [6.45, 7) is 3.84. The Bertz CT molecular complexity index is 976. The first-order valence-electron chi connectivity index (χ1n) is 8.74. The van der Waals surface area contributed by atoms with E-state index >= 15 is 0 Å². The summed E-state index contributed by atoms with van der Waals surface area (Å²) in [6, 6.07) is 6.24. The van der Waals surface area contributed by atoms with Crippen LogP contribution in [0.1, 0.15) is 18.2 Å². The predicted molar refractivity (Wildman–Crippen MR) is 103 cm³/mol. The van der Waals surface area contributed by atoms with Crippen molar-refractivity contribution in [3.63, 3.8) is 0 Å². The van der Waals surface area contributed by atoms with Gasteiger partial charge in [-0.05, 0) is 43.2 Å². The quantitative estimate of drug-likeness (QED) is 0.575. The van der Waals surface area contributed by atoms with Gasteiger partial charge in [0.15, 0.2) is 0 Å². The van der Waals surface area contributed by atoms with Gasteiger partial charge in [-0.25, -0.2) is 19.9 Å². The van der Waals surface area contributed by atoms with Gasteiger partial charge in [-0.15, -0.1) is 0 Å². The Morgan fingerprint density at radius 2 is 1.76 bits per heavy atom. The molecule has 10 heteroatoms. The van der Waals surface area contributed by atoms with Gasteiger partial charge in [0.2, 0.25) is 11.9 Å². The molecule has 0 aliphatic rings. The van der Waals surface area contributed by atoms with Crippen molar-refractivity contribution in [3.8, 4) is 11.1 Å². The van der Waals surface area contributed by atoms with E-state index in [9.17, 15) is 18.3 Å². The average molecular weight is 404 g/mol. The van der Waals surface area contributed by atoms with E-state index in [0.717, 1.165) is 29.0 Å². The van der Waals surface area contributed by atoms with E-state index in [1.54, 1.807) is 31.5 Å². The zero-order chi connectivity index (χ0) is 21.0. The molecule has 0 spiro atoms. The van der Waals surface area contributed by atoms with Crippen LogP contribution >= 0.6 is 0 Å². The Balaban J connectivity index is 1.82. The van der Waals surface area contributed by atoms with Crippen molar-refractivity contribution in [3.05, 3.63) is 54.1 Å². The first-order chi connectivity index (χ1) is 13.7. The number of nitrogens with zero attached hydrogens (tertiary/aromatic N) is 4. The molecule has 1 unspecified atom stereocenters. The summed E-state index contributed by atoms with van der Waals surface area (Å²) in [4.78, 5) is 15.8. The van der Waals surface area contributed by atoms with Gasteiger partial charge in [0.25, 0.3) is 0 Å². The molecule has 0 saturated heterocycles. The van der Waals surface area contributed by atoms with Crippen molar-refractivity contribution < 1.29 is 18.3 Å². The highest BCUT2D eigenvalue weighted by Gasteiger charge is 2.32. The Kier molecular flexibility index (Phi) is 5.92. The largest absolute Gasteiger partial charge is 0.433 e. The zero-order valence-corrected chi connectivity index (χ0v) is 15.7. The molecule has 1 aromatic carbocycles. The van der Waals surface area contributed by atoms with Crippen LogP contribution in [0, 0.1) is 6.92 Å². The van der Waals surface area contributed by atoms with E-state index in [2.05, 4.69) is 30.6 Å². The second-order valence-corrected chi connectivity index (χ2v) is 6.50. The second-order valence-electron chi connectivity index (χ2n) is 6.50. The molecule has 0 radical (unpaired) electrons. The molecule has 2 aromatic heterocycles. The number of anilines is 3. The number of nitrogens with one attached hydrogen (secondary N) is 2. The molecule has 2 heterocycles. The van der Waals surface area contributed by atoms with Crippen molar-refractivity contribution in [2.45, 2.75) is 26.1 Å². The van der Waals surface area contributed by atoms with Gasteiger partial charge < -0.3 is 15.7 Å². The van der Waals surface area contributed by atoms with Crippen molar-refractivity contribution in [1.82, 2.24) is 19.9 Å². The van der Waals surface area contributed by atoms with Crippen molar-refractivity contribution in [2.75, 3.05) is 17.2 Å². The first kappa shape index (κ1) is 20.5. The van der Waals surface area contributed by atoms with Crippen molar-refractivity contribution >= 4 is 17.6 Å². The molecule has 29 heavy (non-hydrogen) atoms. The number of aryl methyl sites for hydroxylation is 1. The number of aliphatic hydroxyl groups excluding tert-OH is 1. The first-order valence-corrected chi connectivity index (χ1v) is 8.74. The van der Waals surface area contributed by atoms with Gasteiger partial charge in [-0.1, -0.05) is 6.07 Å². The summed E-state index contributed by atoms with van der Waals surface area (Å²) < 4.78 is 38.5. The maximum absolute atomic E-state index is 12.8. The lowest BCUT2D eigenvalue weighted by Gasteiger charge is -2.11. The third-order valence-electron chi connectivity index (χ3n) is 3.82. The Morgan fingerprint density at radius 3 is 2.41 bits per heavy atom. The van der Waals surface area contributed by atoms with E-state index < -0.39 is 18.0 Å². The van der Waals surface area contributed by atoms with Crippen LogP contribution in [-0.2, 0) is 6.18 Å². The maximum Gasteiger partial charge on any atom is 0.433 e. The van der Waals surface area contributed by atoms with Crippen LogP contribution in [-0.4, -0.2) is 37.7 Å². The second kappa shape index (κ2) is 8.39. The number of hydrogen-bond acceptors (Lipinski definition) is 7. The molecule has 0 saturated carbocycles. The lowest BCUT2D eigenvalue weighted by Crippen LogP contribution is -2.16. The third-order valence-corrected chi connectivity index (χ3v) is 3.82. The molecular formula is C19H19F3N6O. The molecule has 0 bridgehead atoms. The minimum atomic E-state index is -4.54. The zero-order valence-electron chi connectivity index (χ0n) is 15.7. The number of benzene rings is 1. The highest BCUT2D eigenvalue weighted by Crippen LogP contribution is 2.29. The van der Waals surface area contributed by atoms with E-state index in [1.807, 2.05) is 13.0 Å². The Hall–Kier alpha value is -3.27. The smallest absolute Gasteiger partial charge is 0.392 e. The van der Waals surface area contributed by atoms with Gasteiger partial charge in [0.1, 0.15) is 5.69 Å². The van der Waals surface area contributed by atoms with E-state index in [0.29, 0.717) is 18.2 Å². The predicted octanol–water partition coefficient (Wildman–Crippen LogP) is 3.80. The summed E-state index contributed by atoms with van der Waals surface area (Å²) in [5, 5.41) is 15.0. The summed E-state index contributed by atoms with van der Waals surface area (Å²) in [7, 11) is 0. The van der Waals surface area contributed by atoms with Crippen LogP contribution in [0.15, 0.2) is 42.9 Å². The fourth-order valence-electron chi connectivity index (χ4n) is 2.54. The van der Waals surface area contributed by atoms with Gasteiger partial charge in [0.05, 0.1) is 6.10 Å². The average Bonchev–Trinajstić information content (AvgIpc) is 2.66. The summed E-state index contributed by atoms with van der Waals surface area (Å²) in [6.07, 6.45) is -0.769. The third kappa shape index (κ3) is 5.61. The topological polar surface area (TPSA) is 95.9 Å². The molecule has 3 N–H and O–H groups in total. The Morgan fingerprint density at radius 1 is 1.03 bits per heavy atom. The molecule has 0 amide bonds. The molecular weight excluding hydrogens is 385 g/mol. The lowest BCUT2D eigenvalue weighted by atomic mass is 10.1. The number of hydrogen-bond donors (Lipinski definition) is 3.